The first-order valence-corrected chi connectivity index (χ1v) is 9.88. The number of hydrogen-bond acceptors (Lipinski definition) is 5. The van der Waals surface area contributed by atoms with Crippen LogP contribution in [0.25, 0.3) is 0 Å². The Bertz CT molecular complexity index is 957. The molecule has 1 fully saturated rings. The second kappa shape index (κ2) is 9.44. The molecule has 7 nitrogen and oxygen atoms in total. The fourth-order valence-electron chi connectivity index (χ4n) is 3.56. The lowest BCUT2D eigenvalue weighted by atomic mass is 10.1. The number of likely N-dealkylation sites (N-methyl/N-ethyl adjacent to an activating group) is 1. The van der Waals surface area contributed by atoms with Crippen molar-refractivity contribution >= 4 is 17.3 Å². The molecule has 0 atom stereocenters. The molecule has 1 aliphatic heterocycles. The first-order valence-electron chi connectivity index (χ1n) is 9.88. The third kappa shape index (κ3) is 5.80. The maximum atomic E-state index is 13.4. The van der Waals surface area contributed by atoms with E-state index in [1.807, 2.05) is 0 Å². The van der Waals surface area contributed by atoms with Crippen molar-refractivity contribution < 1.29 is 22.9 Å². The summed E-state index contributed by atoms with van der Waals surface area (Å²) in [6.07, 6.45) is -4.59. The minimum absolute atomic E-state index is 0.0554. The number of carbonyl (C=O) groups excluding carboxylic acids is 1. The summed E-state index contributed by atoms with van der Waals surface area (Å²) in [5, 5.41) is 13.5. The molecular formula is C21H23F3N4O3. The third-order valence-electron chi connectivity index (χ3n) is 5.24. The number of nitro groups is 1. The number of carbonyl (C=O) groups is 1. The Kier molecular flexibility index (Phi) is 6.91. The van der Waals surface area contributed by atoms with Gasteiger partial charge in [-0.1, -0.05) is 19.1 Å². The van der Waals surface area contributed by atoms with Crippen LogP contribution in [0.4, 0.5) is 24.5 Å². The summed E-state index contributed by atoms with van der Waals surface area (Å²) in [5.41, 5.74) is -1.16. The van der Waals surface area contributed by atoms with E-state index in [2.05, 4.69) is 22.0 Å². The lowest BCUT2D eigenvalue weighted by molar-refractivity contribution is -0.385. The SMILES string of the molecule is CCN1CCN(Cc2cc(NC(=O)c3ccccc3[N+](=O)[O-])cc(C(F)(F)F)c2)CC1. The average Bonchev–Trinajstić information content (AvgIpc) is 2.73. The first-order chi connectivity index (χ1) is 14.7. The van der Waals surface area contributed by atoms with Gasteiger partial charge in [0.1, 0.15) is 5.56 Å². The molecule has 1 heterocycles. The van der Waals surface area contributed by atoms with Gasteiger partial charge in [-0.3, -0.25) is 19.8 Å². The molecule has 1 amide bonds. The molecule has 1 N–H and O–H groups in total. The van der Waals surface area contributed by atoms with Crippen LogP contribution in [-0.4, -0.2) is 53.4 Å². The van der Waals surface area contributed by atoms with Gasteiger partial charge in [0.25, 0.3) is 11.6 Å². The summed E-state index contributed by atoms with van der Waals surface area (Å²) >= 11 is 0. The predicted molar refractivity (Wildman–Crippen MR) is 110 cm³/mol. The van der Waals surface area contributed by atoms with E-state index in [4.69, 9.17) is 0 Å². The Labute approximate surface area is 177 Å². The summed E-state index contributed by atoms with van der Waals surface area (Å²) in [6, 6.07) is 8.69. The summed E-state index contributed by atoms with van der Waals surface area (Å²) in [5.74, 6) is -0.839. The van der Waals surface area contributed by atoms with Crippen LogP contribution >= 0.6 is 0 Å². The average molecular weight is 436 g/mol. The van der Waals surface area contributed by atoms with E-state index in [1.54, 1.807) is 0 Å². The largest absolute Gasteiger partial charge is 0.416 e. The van der Waals surface area contributed by atoms with Crippen LogP contribution in [0.15, 0.2) is 42.5 Å². The number of halogens is 3. The summed E-state index contributed by atoms with van der Waals surface area (Å²) < 4.78 is 40.3. The number of para-hydroxylation sites is 1. The molecule has 166 valence electrons. The predicted octanol–water partition coefficient (Wildman–Crippen LogP) is 4.00. The molecule has 0 aliphatic carbocycles. The van der Waals surface area contributed by atoms with Crippen molar-refractivity contribution in [1.29, 1.82) is 0 Å². The van der Waals surface area contributed by atoms with Crippen LogP contribution in [0.3, 0.4) is 0 Å². The molecule has 0 spiro atoms. The standard InChI is InChI=1S/C21H23F3N4O3/c1-2-26-7-9-27(10-8-26)14-15-11-16(21(22,23)24)13-17(12-15)25-20(29)18-5-3-4-6-19(18)28(30)31/h3-6,11-13H,2,7-10,14H2,1H3,(H,25,29). The molecule has 2 aromatic carbocycles. The molecule has 0 saturated carbocycles. The Balaban J connectivity index is 1.84. The van der Waals surface area contributed by atoms with Gasteiger partial charge in [0.05, 0.1) is 10.5 Å². The highest BCUT2D eigenvalue weighted by atomic mass is 19.4. The van der Waals surface area contributed by atoms with Crippen molar-refractivity contribution in [3.05, 3.63) is 69.3 Å². The second-order valence-corrected chi connectivity index (χ2v) is 7.36. The van der Waals surface area contributed by atoms with Gasteiger partial charge < -0.3 is 10.2 Å². The third-order valence-corrected chi connectivity index (χ3v) is 5.24. The summed E-state index contributed by atoms with van der Waals surface area (Å²) in [7, 11) is 0. The zero-order chi connectivity index (χ0) is 22.6. The van der Waals surface area contributed by atoms with Crippen molar-refractivity contribution in [2.24, 2.45) is 0 Å². The number of amides is 1. The second-order valence-electron chi connectivity index (χ2n) is 7.36. The van der Waals surface area contributed by atoms with Crippen LogP contribution in [-0.2, 0) is 12.7 Å². The number of rotatable bonds is 6. The van der Waals surface area contributed by atoms with Gasteiger partial charge in [0, 0.05) is 44.5 Å². The number of benzene rings is 2. The van der Waals surface area contributed by atoms with Crippen LogP contribution < -0.4 is 5.32 Å². The van der Waals surface area contributed by atoms with Gasteiger partial charge in [-0.25, -0.2) is 0 Å². The van der Waals surface area contributed by atoms with Crippen LogP contribution in [0.2, 0.25) is 0 Å². The lowest BCUT2D eigenvalue weighted by Gasteiger charge is -2.34. The maximum absolute atomic E-state index is 13.4. The van der Waals surface area contributed by atoms with E-state index in [1.165, 1.54) is 30.3 Å². The monoisotopic (exact) mass is 436 g/mol. The number of alkyl halides is 3. The zero-order valence-corrected chi connectivity index (χ0v) is 17.0. The smallest absolute Gasteiger partial charge is 0.322 e. The van der Waals surface area contributed by atoms with E-state index in [9.17, 15) is 28.1 Å². The number of nitro benzene ring substituents is 1. The molecule has 1 aliphatic rings. The minimum Gasteiger partial charge on any atom is -0.322 e. The number of anilines is 1. The molecule has 2 aromatic rings. The summed E-state index contributed by atoms with van der Waals surface area (Å²) in [6.45, 7) is 6.47. The van der Waals surface area contributed by atoms with Crippen LogP contribution in [0.5, 0.6) is 0 Å². The van der Waals surface area contributed by atoms with Crippen LogP contribution in [0.1, 0.15) is 28.4 Å². The van der Waals surface area contributed by atoms with E-state index >= 15 is 0 Å². The highest BCUT2D eigenvalue weighted by Crippen LogP contribution is 2.33. The normalized spacial score (nSPS) is 15.6. The maximum Gasteiger partial charge on any atom is 0.416 e. The minimum atomic E-state index is -4.59. The van der Waals surface area contributed by atoms with Gasteiger partial charge in [0.15, 0.2) is 0 Å². The topological polar surface area (TPSA) is 78.7 Å². The molecule has 31 heavy (non-hydrogen) atoms. The molecule has 3 rings (SSSR count). The number of piperazine rings is 1. The Morgan fingerprint density at radius 1 is 1.10 bits per heavy atom. The Hall–Kier alpha value is -2.98. The van der Waals surface area contributed by atoms with Gasteiger partial charge in [-0.15, -0.1) is 0 Å². The Morgan fingerprint density at radius 2 is 1.74 bits per heavy atom. The van der Waals surface area contributed by atoms with Crippen molar-refractivity contribution in [3.63, 3.8) is 0 Å². The lowest BCUT2D eigenvalue weighted by Crippen LogP contribution is -2.45. The number of hydrogen-bond donors (Lipinski definition) is 1. The fourth-order valence-corrected chi connectivity index (χ4v) is 3.56. The van der Waals surface area contributed by atoms with Crippen molar-refractivity contribution in [1.82, 2.24) is 9.80 Å². The number of nitrogens with zero attached hydrogens (tertiary/aromatic N) is 3. The quantitative estimate of drug-likeness (QED) is 0.547. The summed E-state index contributed by atoms with van der Waals surface area (Å²) in [4.78, 5) is 27.3. The van der Waals surface area contributed by atoms with Crippen molar-refractivity contribution in [3.8, 4) is 0 Å². The van der Waals surface area contributed by atoms with Crippen molar-refractivity contribution in [2.75, 3.05) is 38.0 Å². The van der Waals surface area contributed by atoms with Gasteiger partial charge in [-0.05, 0) is 36.4 Å². The first kappa shape index (κ1) is 22.7. The van der Waals surface area contributed by atoms with Gasteiger partial charge in [-0.2, -0.15) is 13.2 Å². The highest BCUT2D eigenvalue weighted by molar-refractivity contribution is 6.07. The van der Waals surface area contributed by atoms with E-state index in [0.717, 1.165) is 44.9 Å². The molecular weight excluding hydrogens is 413 g/mol. The van der Waals surface area contributed by atoms with E-state index < -0.39 is 28.3 Å². The molecule has 1 saturated heterocycles. The van der Waals surface area contributed by atoms with Crippen molar-refractivity contribution in [2.45, 2.75) is 19.6 Å². The van der Waals surface area contributed by atoms with E-state index in [0.29, 0.717) is 12.1 Å². The fraction of sp³-hybridized carbons (Fsp3) is 0.381. The van der Waals surface area contributed by atoms with Crippen LogP contribution in [0, 0.1) is 10.1 Å². The molecule has 0 unspecified atom stereocenters. The molecule has 0 aromatic heterocycles. The number of nitrogens with one attached hydrogen (secondary N) is 1. The molecule has 10 heteroatoms. The molecule has 0 radical (unpaired) electrons. The van der Waals surface area contributed by atoms with Gasteiger partial charge in [0.2, 0.25) is 0 Å². The Morgan fingerprint density at radius 3 is 2.35 bits per heavy atom. The zero-order valence-electron chi connectivity index (χ0n) is 17.0. The van der Waals surface area contributed by atoms with E-state index in [-0.39, 0.29) is 11.3 Å². The highest BCUT2D eigenvalue weighted by Gasteiger charge is 2.32. The molecule has 0 bridgehead atoms. The van der Waals surface area contributed by atoms with Gasteiger partial charge >= 0.3 is 6.18 Å².